The third-order valence-corrected chi connectivity index (χ3v) is 2.42. The van der Waals surface area contributed by atoms with E-state index in [9.17, 15) is 4.79 Å². The van der Waals surface area contributed by atoms with Gasteiger partial charge in [0.1, 0.15) is 5.69 Å². The average molecular weight is 241 g/mol. The zero-order valence-electron chi connectivity index (χ0n) is 7.48. The van der Waals surface area contributed by atoms with E-state index in [1.54, 1.807) is 21.8 Å². The Bertz CT molecular complexity index is 397. The van der Waals surface area contributed by atoms with E-state index in [-0.39, 0.29) is 0 Å². The van der Waals surface area contributed by atoms with Crippen LogP contribution in [0, 0.1) is 0 Å². The van der Waals surface area contributed by atoms with E-state index < -0.39 is 0 Å². The number of nitrogens with zero attached hydrogens (tertiary/aromatic N) is 3. The molecule has 2 aromatic rings. The van der Waals surface area contributed by atoms with E-state index in [0.717, 1.165) is 6.29 Å². The molecule has 0 fully saturated rings. The summed E-state index contributed by atoms with van der Waals surface area (Å²) in [6, 6.07) is 0. The van der Waals surface area contributed by atoms with E-state index >= 15 is 0 Å². The fraction of sp³-hybridized carbons (Fsp3) is 0. The van der Waals surface area contributed by atoms with Gasteiger partial charge in [-0.3, -0.25) is 4.79 Å². The molecule has 5 nitrogen and oxygen atoms in total. The van der Waals surface area contributed by atoms with Gasteiger partial charge in [-0.15, -0.1) is 22.7 Å². The molecule has 0 saturated heterocycles. The normalized spacial score (nSPS) is 9.60. The van der Waals surface area contributed by atoms with E-state index in [1.165, 1.54) is 28.9 Å². The van der Waals surface area contributed by atoms with Gasteiger partial charge in [-0.1, -0.05) is 5.16 Å². The maximum Gasteiger partial charge on any atom is 0.169 e. The van der Waals surface area contributed by atoms with Crippen molar-refractivity contribution in [3.05, 3.63) is 33.2 Å². The number of carbonyl (C=O) groups excluding carboxylic acids is 1. The van der Waals surface area contributed by atoms with Crippen LogP contribution in [0.3, 0.4) is 0 Å². The number of hydrogen-bond acceptors (Lipinski definition) is 7. The molecule has 1 N–H and O–H groups in total. The SMILES string of the molecule is O/N=C/c1cscn1.O=Cc1cscn1. The Balaban J connectivity index is 0.000000151. The summed E-state index contributed by atoms with van der Waals surface area (Å²) in [5.74, 6) is 0. The third-order valence-electron chi connectivity index (χ3n) is 1.21. The van der Waals surface area contributed by atoms with E-state index in [4.69, 9.17) is 5.21 Å². The number of rotatable bonds is 2. The topological polar surface area (TPSA) is 75.4 Å². The largest absolute Gasteiger partial charge is 0.411 e. The quantitative estimate of drug-likeness (QED) is 0.377. The van der Waals surface area contributed by atoms with Gasteiger partial charge in [0, 0.05) is 10.8 Å². The van der Waals surface area contributed by atoms with Crippen LogP contribution in [0.15, 0.2) is 26.9 Å². The van der Waals surface area contributed by atoms with Gasteiger partial charge in [0.05, 0.1) is 22.9 Å². The lowest BCUT2D eigenvalue weighted by molar-refractivity contribution is 0.111. The molecule has 2 aromatic heterocycles. The van der Waals surface area contributed by atoms with Crippen LogP contribution >= 0.6 is 22.7 Å². The predicted molar refractivity (Wildman–Crippen MR) is 59.0 cm³/mol. The fourth-order valence-electron chi connectivity index (χ4n) is 0.625. The van der Waals surface area contributed by atoms with Crippen LogP contribution in [0.25, 0.3) is 0 Å². The van der Waals surface area contributed by atoms with Crippen molar-refractivity contribution in [1.29, 1.82) is 0 Å². The van der Waals surface area contributed by atoms with Crippen molar-refractivity contribution < 1.29 is 10.0 Å². The Morgan fingerprint density at radius 1 is 1.20 bits per heavy atom. The molecule has 7 heteroatoms. The molecule has 0 aliphatic heterocycles. The maximum atomic E-state index is 9.81. The van der Waals surface area contributed by atoms with Crippen molar-refractivity contribution in [3.8, 4) is 0 Å². The monoisotopic (exact) mass is 241 g/mol. The Morgan fingerprint density at radius 3 is 2.13 bits per heavy atom. The molecular weight excluding hydrogens is 234 g/mol. The van der Waals surface area contributed by atoms with Gasteiger partial charge < -0.3 is 5.21 Å². The molecule has 0 amide bonds. The molecule has 0 aromatic carbocycles. The molecule has 0 bridgehead atoms. The minimum atomic E-state index is 0.519. The molecule has 2 heterocycles. The van der Waals surface area contributed by atoms with Gasteiger partial charge in [-0.2, -0.15) is 0 Å². The van der Waals surface area contributed by atoms with Gasteiger partial charge in [-0.25, -0.2) is 9.97 Å². The summed E-state index contributed by atoms with van der Waals surface area (Å²) in [6.07, 6.45) is 2.02. The van der Waals surface area contributed by atoms with Gasteiger partial charge in [0.25, 0.3) is 0 Å². The van der Waals surface area contributed by atoms with Gasteiger partial charge in [-0.05, 0) is 0 Å². The molecule has 2 rings (SSSR count). The third kappa shape index (κ3) is 4.43. The minimum Gasteiger partial charge on any atom is -0.411 e. The molecule has 0 aliphatic carbocycles. The van der Waals surface area contributed by atoms with Crippen LogP contribution in [0.4, 0.5) is 0 Å². The van der Waals surface area contributed by atoms with Crippen LogP contribution in [-0.2, 0) is 0 Å². The summed E-state index contributed by atoms with van der Waals surface area (Å²) >= 11 is 2.89. The highest BCUT2D eigenvalue weighted by molar-refractivity contribution is 7.08. The molecule has 0 radical (unpaired) electrons. The van der Waals surface area contributed by atoms with Crippen molar-refractivity contribution in [2.24, 2.45) is 5.16 Å². The standard InChI is InChI=1S/C4H4N2OS.C4H3NOS/c7-6-1-4-2-8-3-5-4;6-1-4-2-7-3-5-4/h1-3,7H;1-3H/b6-1+;. The molecule has 0 atom stereocenters. The Labute approximate surface area is 93.7 Å². The lowest BCUT2D eigenvalue weighted by Crippen LogP contribution is -1.76. The molecule has 0 saturated carbocycles. The van der Waals surface area contributed by atoms with Gasteiger partial charge in [0.15, 0.2) is 6.29 Å². The van der Waals surface area contributed by atoms with Crippen molar-refractivity contribution in [3.63, 3.8) is 0 Å². The lowest BCUT2D eigenvalue weighted by Gasteiger charge is -1.72. The number of carbonyl (C=O) groups is 1. The average Bonchev–Trinajstić information content (AvgIpc) is 2.91. The molecular formula is C8H7N3O2S2. The first kappa shape index (κ1) is 11.5. The van der Waals surface area contributed by atoms with Crippen LogP contribution in [0.2, 0.25) is 0 Å². The smallest absolute Gasteiger partial charge is 0.169 e. The summed E-state index contributed by atoms with van der Waals surface area (Å²) in [5, 5.41) is 14.3. The summed E-state index contributed by atoms with van der Waals surface area (Å²) in [4.78, 5) is 17.3. The molecule has 0 spiro atoms. The van der Waals surface area contributed by atoms with E-state index in [1.807, 2.05) is 0 Å². The number of hydrogen-bond donors (Lipinski definition) is 1. The maximum absolute atomic E-state index is 9.81. The van der Waals surface area contributed by atoms with E-state index in [0.29, 0.717) is 11.4 Å². The van der Waals surface area contributed by atoms with Crippen LogP contribution in [-0.4, -0.2) is 27.7 Å². The molecule has 0 aliphatic rings. The zero-order valence-corrected chi connectivity index (χ0v) is 9.11. The van der Waals surface area contributed by atoms with Crippen molar-refractivity contribution in [2.45, 2.75) is 0 Å². The van der Waals surface area contributed by atoms with Crippen LogP contribution < -0.4 is 0 Å². The number of thiazole rings is 2. The summed E-state index contributed by atoms with van der Waals surface area (Å²) in [6.45, 7) is 0. The second-order valence-electron chi connectivity index (χ2n) is 2.19. The number of oxime groups is 1. The highest BCUT2D eigenvalue weighted by Gasteiger charge is 1.85. The number of aromatic nitrogens is 2. The van der Waals surface area contributed by atoms with Gasteiger partial charge in [0.2, 0.25) is 0 Å². The highest BCUT2D eigenvalue weighted by Crippen LogP contribution is 1.96. The summed E-state index contributed by atoms with van der Waals surface area (Å²) in [5.41, 5.74) is 4.52. The Hall–Kier alpha value is -1.60. The predicted octanol–water partition coefficient (Wildman–Crippen LogP) is 1.91. The Morgan fingerprint density at radius 2 is 1.80 bits per heavy atom. The molecule has 0 unspecified atom stereocenters. The van der Waals surface area contributed by atoms with Crippen molar-refractivity contribution in [1.82, 2.24) is 9.97 Å². The fourth-order valence-corrected chi connectivity index (χ4v) is 1.63. The lowest BCUT2D eigenvalue weighted by atomic mass is 10.6. The minimum absolute atomic E-state index is 0.519. The summed E-state index contributed by atoms with van der Waals surface area (Å²) in [7, 11) is 0. The second kappa shape index (κ2) is 6.80. The zero-order chi connectivity index (χ0) is 10.9. The van der Waals surface area contributed by atoms with Crippen LogP contribution in [0.1, 0.15) is 16.2 Å². The molecule has 15 heavy (non-hydrogen) atoms. The van der Waals surface area contributed by atoms with Crippen molar-refractivity contribution in [2.75, 3.05) is 0 Å². The second-order valence-corrected chi connectivity index (χ2v) is 3.63. The molecule has 78 valence electrons. The van der Waals surface area contributed by atoms with Crippen LogP contribution in [0.5, 0.6) is 0 Å². The van der Waals surface area contributed by atoms with Gasteiger partial charge >= 0.3 is 0 Å². The Kier molecular flexibility index (Phi) is 5.20. The van der Waals surface area contributed by atoms with Crippen molar-refractivity contribution >= 4 is 35.2 Å². The first-order valence-electron chi connectivity index (χ1n) is 3.76. The first-order chi connectivity index (χ1) is 7.36. The summed E-state index contributed by atoms with van der Waals surface area (Å²) < 4.78 is 0. The highest BCUT2D eigenvalue weighted by atomic mass is 32.1. The first-order valence-corrected chi connectivity index (χ1v) is 5.64. The number of aldehydes is 1. The van der Waals surface area contributed by atoms with E-state index in [2.05, 4.69) is 15.1 Å².